The number of hydrogen-bond donors (Lipinski definition) is 0. The fraction of sp³-hybridized carbons (Fsp3) is 0.263. The van der Waals surface area contributed by atoms with Crippen molar-refractivity contribution in [1.82, 2.24) is 14.3 Å². The summed E-state index contributed by atoms with van der Waals surface area (Å²) in [7, 11) is 0. The van der Waals surface area contributed by atoms with Gasteiger partial charge in [-0.15, -0.1) is 0 Å². The van der Waals surface area contributed by atoms with E-state index in [4.69, 9.17) is 4.98 Å². The van der Waals surface area contributed by atoms with E-state index in [2.05, 4.69) is 29.2 Å². The predicted molar refractivity (Wildman–Crippen MR) is 90.5 cm³/mol. The Hall–Kier alpha value is -2.46. The summed E-state index contributed by atoms with van der Waals surface area (Å²) in [5.74, 6) is 0. The minimum absolute atomic E-state index is 0.00823. The van der Waals surface area contributed by atoms with Gasteiger partial charge in [-0.05, 0) is 36.1 Å². The lowest BCUT2D eigenvalue weighted by atomic mass is 10.00. The van der Waals surface area contributed by atoms with E-state index in [1.54, 1.807) is 16.7 Å². The molecule has 0 spiro atoms. The average Bonchev–Trinajstić information content (AvgIpc) is 2.56. The first-order chi connectivity index (χ1) is 11.2. The summed E-state index contributed by atoms with van der Waals surface area (Å²) < 4.78 is 1.62. The van der Waals surface area contributed by atoms with Gasteiger partial charge in [-0.2, -0.15) is 0 Å². The molecule has 2 aromatic heterocycles. The second kappa shape index (κ2) is 5.63. The van der Waals surface area contributed by atoms with Crippen molar-refractivity contribution in [3.63, 3.8) is 0 Å². The van der Waals surface area contributed by atoms with Crippen LogP contribution in [0.15, 0.2) is 53.5 Å². The lowest BCUT2D eigenvalue weighted by molar-refractivity contribution is 0.242. The highest BCUT2D eigenvalue weighted by molar-refractivity contribution is 5.46. The van der Waals surface area contributed by atoms with E-state index >= 15 is 0 Å². The Morgan fingerprint density at radius 3 is 2.83 bits per heavy atom. The molecule has 4 nitrogen and oxygen atoms in total. The van der Waals surface area contributed by atoms with E-state index in [-0.39, 0.29) is 5.56 Å². The highest BCUT2D eigenvalue weighted by atomic mass is 16.1. The summed E-state index contributed by atoms with van der Waals surface area (Å²) in [6.45, 7) is 4.63. The molecule has 3 aromatic rings. The van der Waals surface area contributed by atoms with Gasteiger partial charge < -0.3 is 0 Å². The molecule has 0 saturated carbocycles. The number of aromatic nitrogens is 2. The minimum atomic E-state index is -0.00823. The van der Waals surface area contributed by atoms with Crippen molar-refractivity contribution in [2.75, 3.05) is 6.54 Å². The fourth-order valence-electron chi connectivity index (χ4n) is 3.31. The van der Waals surface area contributed by atoms with Crippen molar-refractivity contribution >= 4 is 5.65 Å². The van der Waals surface area contributed by atoms with Gasteiger partial charge in [0.05, 0.1) is 5.69 Å². The molecule has 0 fully saturated rings. The maximum atomic E-state index is 12.3. The smallest absolute Gasteiger partial charge is 0.258 e. The largest absolute Gasteiger partial charge is 0.293 e. The summed E-state index contributed by atoms with van der Waals surface area (Å²) in [5, 5.41) is 0. The van der Waals surface area contributed by atoms with E-state index in [9.17, 15) is 4.79 Å². The Morgan fingerprint density at radius 2 is 1.96 bits per heavy atom. The maximum Gasteiger partial charge on any atom is 0.258 e. The standard InChI is InChI=1S/C19H19N3O/c1-14-5-4-9-22-18(23)11-17(20-19(14)22)13-21-10-8-15-6-2-3-7-16(15)12-21/h2-7,9,11H,8,10,12-13H2,1H3. The van der Waals surface area contributed by atoms with Gasteiger partial charge in [0.1, 0.15) is 5.65 Å². The molecule has 116 valence electrons. The van der Waals surface area contributed by atoms with Crippen LogP contribution < -0.4 is 5.56 Å². The van der Waals surface area contributed by atoms with Gasteiger partial charge in [-0.1, -0.05) is 30.3 Å². The zero-order valence-corrected chi connectivity index (χ0v) is 13.2. The van der Waals surface area contributed by atoms with Crippen LogP contribution in [-0.2, 0) is 19.5 Å². The van der Waals surface area contributed by atoms with Crippen LogP contribution in [-0.4, -0.2) is 20.8 Å². The second-order valence-electron chi connectivity index (χ2n) is 6.20. The Morgan fingerprint density at radius 1 is 1.13 bits per heavy atom. The molecular formula is C19H19N3O. The Balaban J connectivity index is 1.64. The van der Waals surface area contributed by atoms with Crippen LogP contribution in [0.2, 0.25) is 0 Å². The molecule has 0 saturated heterocycles. The summed E-state index contributed by atoms with van der Waals surface area (Å²) in [4.78, 5) is 19.4. The highest BCUT2D eigenvalue weighted by Gasteiger charge is 2.16. The van der Waals surface area contributed by atoms with Crippen LogP contribution >= 0.6 is 0 Å². The Labute approximate surface area is 135 Å². The van der Waals surface area contributed by atoms with Crippen molar-refractivity contribution in [1.29, 1.82) is 0 Å². The minimum Gasteiger partial charge on any atom is -0.293 e. The Kier molecular flexibility index (Phi) is 3.46. The van der Waals surface area contributed by atoms with Crippen LogP contribution in [0, 0.1) is 6.92 Å². The van der Waals surface area contributed by atoms with Gasteiger partial charge in [0, 0.05) is 31.9 Å². The van der Waals surface area contributed by atoms with Crippen molar-refractivity contribution < 1.29 is 0 Å². The van der Waals surface area contributed by atoms with Crippen LogP contribution in [0.1, 0.15) is 22.4 Å². The number of nitrogens with zero attached hydrogens (tertiary/aromatic N) is 3. The zero-order valence-electron chi connectivity index (χ0n) is 13.2. The molecule has 4 heteroatoms. The number of hydrogen-bond acceptors (Lipinski definition) is 3. The number of pyridine rings is 1. The SMILES string of the molecule is Cc1cccn2c(=O)cc(CN3CCc4ccccc4C3)nc12. The highest BCUT2D eigenvalue weighted by Crippen LogP contribution is 2.19. The molecule has 4 rings (SSSR count). The molecule has 0 unspecified atom stereocenters. The van der Waals surface area contributed by atoms with Gasteiger partial charge in [0.2, 0.25) is 0 Å². The van der Waals surface area contributed by atoms with E-state index in [1.165, 1.54) is 11.1 Å². The van der Waals surface area contributed by atoms with Crippen molar-refractivity contribution in [2.45, 2.75) is 26.4 Å². The third-order valence-electron chi connectivity index (χ3n) is 4.53. The summed E-state index contributed by atoms with van der Waals surface area (Å²) in [6, 6.07) is 14.1. The zero-order chi connectivity index (χ0) is 15.8. The second-order valence-corrected chi connectivity index (χ2v) is 6.20. The number of benzene rings is 1. The van der Waals surface area contributed by atoms with Crippen LogP contribution in [0.5, 0.6) is 0 Å². The first-order valence-corrected chi connectivity index (χ1v) is 7.98. The van der Waals surface area contributed by atoms with Crippen molar-refractivity contribution in [3.8, 4) is 0 Å². The fourth-order valence-corrected chi connectivity index (χ4v) is 3.31. The molecule has 0 aliphatic carbocycles. The summed E-state index contributed by atoms with van der Waals surface area (Å²) in [5.41, 5.74) is 5.44. The quantitative estimate of drug-likeness (QED) is 0.730. The van der Waals surface area contributed by atoms with Crippen LogP contribution in [0.25, 0.3) is 5.65 Å². The van der Waals surface area contributed by atoms with Gasteiger partial charge in [-0.25, -0.2) is 4.98 Å². The van der Waals surface area contributed by atoms with E-state index in [0.29, 0.717) is 6.54 Å². The third-order valence-corrected chi connectivity index (χ3v) is 4.53. The summed E-state index contributed by atoms with van der Waals surface area (Å²) in [6.07, 6.45) is 2.83. The van der Waals surface area contributed by atoms with Gasteiger partial charge in [0.25, 0.3) is 5.56 Å². The summed E-state index contributed by atoms with van der Waals surface area (Å²) >= 11 is 0. The monoisotopic (exact) mass is 305 g/mol. The van der Waals surface area contributed by atoms with Gasteiger partial charge >= 0.3 is 0 Å². The molecule has 0 radical (unpaired) electrons. The maximum absolute atomic E-state index is 12.3. The van der Waals surface area contributed by atoms with E-state index < -0.39 is 0 Å². The molecule has 0 bridgehead atoms. The van der Waals surface area contributed by atoms with E-state index in [0.717, 1.165) is 36.4 Å². The lowest BCUT2D eigenvalue weighted by Crippen LogP contribution is -2.31. The first-order valence-electron chi connectivity index (χ1n) is 7.98. The third kappa shape index (κ3) is 2.66. The molecule has 0 amide bonds. The number of fused-ring (bicyclic) bond motifs is 2. The number of rotatable bonds is 2. The first kappa shape index (κ1) is 14.2. The van der Waals surface area contributed by atoms with Crippen LogP contribution in [0.3, 0.4) is 0 Å². The van der Waals surface area contributed by atoms with Gasteiger partial charge in [-0.3, -0.25) is 14.1 Å². The molecule has 1 aliphatic rings. The van der Waals surface area contributed by atoms with Gasteiger partial charge in [0.15, 0.2) is 0 Å². The molecule has 0 N–H and O–H groups in total. The lowest BCUT2D eigenvalue weighted by Gasteiger charge is -2.28. The molecule has 1 aliphatic heterocycles. The van der Waals surface area contributed by atoms with Crippen LogP contribution in [0.4, 0.5) is 0 Å². The van der Waals surface area contributed by atoms with E-state index in [1.807, 2.05) is 19.1 Å². The topological polar surface area (TPSA) is 37.6 Å². The number of aryl methyl sites for hydroxylation is 1. The molecule has 0 atom stereocenters. The molecule has 23 heavy (non-hydrogen) atoms. The molecular weight excluding hydrogens is 286 g/mol. The van der Waals surface area contributed by atoms with Crippen molar-refractivity contribution in [2.24, 2.45) is 0 Å². The Bertz CT molecular complexity index is 929. The van der Waals surface area contributed by atoms with Crippen molar-refractivity contribution in [3.05, 3.63) is 81.4 Å². The average molecular weight is 305 g/mol. The predicted octanol–water partition coefficient (Wildman–Crippen LogP) is 2.56. The molecule has 1 aromatic carbocycles. The normalized spacial score (nSPS) is 14.8. The molecule has 3 heterocycles.